The van der Waals surface area contributed by atoms with Crippen molar-refractivity contribution in [3.8, 4) is 0 Å². The first-order valence-electron chi connectivity index (χ1n) is 6.32. The molecule has 2 N–H and O–H groups in total. The van der Waals surface area contributed by atoms with Gasteiger partial charge in [-0.2, -0.15) is 0 Å². The summed E-state index contributed by atoms with van der Waals surface area (Å²) in [6, 6.07) is 8.58. The van der Waals surface area contributed by atoms with Gasteiger partial charge in [0.05, 0.1) is 21.1 Å². The molecule has 0 unspecified atom stereocenters. The minimum atomic E-state index is -4.08. The zero-order valence-corrected chi connectivity index (χ0v) is 12.7. The lowest BCUT2D eigenvalue weighted by atomic mass is 10.1. The van der Waals surface area contributed by atoms with Gasteiger partial charge in [-0.3, -0.25) is 14.8 Å². The Morgan fingerprint density at radius 3 is 2.52 bits per heavy atom. The molecule has 0 aromatic heterocycles. The van der Waals surface area contributed by atoms with Crippen LogP contribution in [0.1, 0.15) is 15.9 Å². The Bertz CT molecular complexity index is 892. The van der Waals surface area contributed by atoms with Gasteiger partial charge in [0.1, 0.15) is 0 Å². The van der Waals surface area contributed by atoms with E-state index in [0.717, 1.165) is 6.07 Å². The maximum absolute atomic E-state index is 12.3. The van der Waals surface area contributed by atoms with Gasteiger partial charge in [0.2, 0.25) is 0 Å². The van der Waals surface area contributed by atoms with E-state index in [0.29, 0.717) is 5.56 Å². The van der Waals surface area contributed by atoms with E-state index in [9.17, 15) is 23.3 Å². The van der Waals surface area contributed by atoms with Gasteiger partial charge in [-0.25, -0.2) is 13.2 Å². The number of nitro benzene ring substituents is 1. The molecule has 0 aliphatic carbocycles. The van der Waals surface area contributed by atoms with Crippen LogP contribution in [0.2, 0.25) is 0 Å². The molecule has 8 nitrogen and oxygen atoms in total. The molecule has 0 radical (unpaired) electrons. The van der Waals surface area contributed by atoms with Gasteiger partial charge in [0.15, 0.2) is 0 Å². The Morgan fingerprint density at radius 1 is 1.22 bits per heavy atom. The number of anilines is 1. The lowest BCUT2D eigenvalue weighted by molar-refractivity contribution is -0.385. The molecule has 0 saturated carbocycles. The maximum Gasteiger partial charge on any atom is 0.335 e. The van der Waals surface area contributed by atoms with Crippen molar-refractivity contribution in [1.82, 2.24) is 0 Å². The predicted octanol–water partition coefficient (Wildman–Crippen LogP) is 2.40. The number of carboxylic acids is 1. The fraction of sp³-hybridized carbons (Fsp3) is 0.0714. The van der Waals surface area contributed by atoms with Gasteiger partial charge >= 0.3 is 5.97 Å². The summed E-state index contributed by atoms with van der Waals surface area (Å²) in [6.45, 7) is 1.61. The molecule has 0 spiro atoms. The second-order valence-corrected chi connectivity index (χ2v) is 6.38. The number of hydrogen-bond acceptors (Lipinski definition) is 5. The minimum absolute atomic E-state index is 0.0765. The molecular weight excluding hydrogens is 324 g/mol. The number of aromatic carboxylic acids is 1. The molecule has 0 fully saturated rings. The Morgan fingerprint density at radius 2 is 1.91 bits per heavy atom. The van der Waals surface area contributed by atoms with E-state index in [1.54, 1.807) is 6.92 Å². The number of benzene rings is 2. The van der Waals surface area contributed by atoms with E-state index in [4.69, 9.17) is 5.11 Å². The van der Waals surface area contributed by atoms with Gasteiger partial charge in [0, 0.05) is 12.1 Å². The van der Waals surface area contributed by atoms with Gasteiger partial charge < -0.3 is 5.11 Å². The number of carboxylic acid groups (broad SMARTS) is 1. The van der Waals surface area contributed by atoms with E-state index >= 15 is 0 Å². The van der Waals surface area contributed by atoms with Crippen molar-refractivity contribution in [1.29, 1.82) is 0 Å². The lowest BCUT2D eigenvalue weighted by Crippen LogP contribution is -2.14. The molecule has 0 bridgehead atoms. The normalized spacial score (nSPS) is 11.0. The summed E-state index contributed by atoms with van der Waals surface area (Å²) in [7, 11) is -4.08. The van der Waals surface area contributed by atoms with Crippen molar-refractivity contribution in [2.75, 3.05) is 4.72 Å². The first kappa shape index (κ1) is 16.4. The molecule has 2 aromatic carbocycles. The number of rotatable bonds is 5. The first-order valence-corrected chi connectivity index (χ1v) is 7.80. The fourth-order valence-corrected chi connectivity index (χ4v) is 2.99. The third-order valence-electron chi connectivity index (χ3n) is 3.07. The van der Waals surface area contributed by atoms with E-state index in [1.165, 1.54) is 36.4 Å². The van der Waals surface area contributed by atoms with Crippen LogP contribution in [0, 0.1) is 17.0 Å². The maximum atomic E-state index is 12.3. The zero-order valence-electron chi connectivity index (χ0n) is 11.9. The highest BCUT2D eigenvalue weighted by Gasteiger charge is 2.19. The van der Waals surface area contributed by atoms with Crippen molar-refractivity contribution in [3.63, 3.8) is 0 Å². The topological polar surface area (TPSA) is 127 Å². The third-order valence-corrected chi connectivity index (χ3v) is 4.43. The summed E-state index contributed by atoms with van der Waals surface area (Å²) in [5.74, 6) is -1.19. The molecule has 0 amide bonds. The number of hydrogen-bond donors (Lipinski definition) is 2. The number of sulfonamides is 1. The molecule has 23 heavy (non-hydrogen) atoms. The van der Waals surface area contributed by atoms with E-state index in [2.05, 4.69) is 4.72 Å². The smallest absolute Gasteiger partial charge is 0.335 e. The van der Waals surface area contributed by atoms with Crippen LogP contribution in [0.25, 0.3) is 0 Å². The molecular formula is C14H12N2O6S. The highest BCUT2D eigenvalue weighted by atomic mass is 32.2. The van der Waals surface area contributed by atoms with Gasteiger partial charge in [-0.1, -0.05) is 12.1 Å². The number of nitrogens with zero attached hydrogens (tertiary/aromatic N) is 1. The molecule has 120 valence electrons. The number of non-ortho nitro benzene ring substituents is 1. The quantitative estimate of drug-likeness (QED) is 0.637. The van der Waals surface area contributed by atoms with Crippen LogP contribution in [-0.2, 0) is 10.0 Å². The molecule has 0 heterocycles. The third kappa shape index (κ3) is 3.64. The van der Waals surface area contributed by atoms with Crippen LogP contribution in [0.5, 0.6) is 0 Å². The molecule has 0 saturated heterocycles. The molecule has 2 rings (SSSR count). The summed E-state index contributed by atoms with van der Waals surface area (Å²) in [6.07, 6.45) is 0. The first-order chi connectivity index (χ1) is 10.7. The van der Waals surface area contributed by atoms with Crippen molar-refractivity contribution in [3.05, 3.63) is 63.7 Å². The number of nitrogens with one attached hydrogen (secondary N) is 1. The van der Waals surface area contributed by atoms with Gasteiger partial charge in [-0.05, 0) is 30.7 Å². The SMILES string of the molecule is Cc1ccc(C(=O)O)cc1NS(=O)(=O)c1cccc([N+](=O)[O-])c1. The minimum Gasteiger partial charge on any atom is -0.478 e. The molecule has 0 aliphatic heterocycles. The van der Waals surface area contributed by atoms with Crippen LogP contribution >= 0.6 is 0 Å². The Kier molecular flexibility index (Phi) is 4.32. The van der Waals surface area contributed by atoms with Gasteiger partial charge in [-0.15, -0.1) is 0 Å². The largest absolute Gasteiger partial charge is 0.478 e. The van der Waals surface area contributed by atoms with Crippen LogP contribution in [-0.4, -0.2) is 24.4 Å². The molecule has 2 aromatic rings. The average Bonchev–Trinajstić information content (AvgIpc) is 2.49. The number of nitro groups is 1. The summed E-state index contributed by atoms with van der Waals surface area (Å²) in [5, 5.41) is 19.7. The Labute approximate surface area is 131 Å². The standard InChI is InChI=1S/C14H12N2O6S/c1-9-5-6-10(14(17)18)7-13(9)15-23(21,22)12-4-2-3-11(8-12)16(19)20/h2-8,15H,1H3,(H,17,18). The van der Waals surface area contributed by atoms with Crippen molar-refractivity contribution in [2.45, 2.75) is 11.8 Å². The second-order valence-electron chi connectivity index (χ2n) is 4.69. The fourth-order valence-electron chi connectivity index (χ4n) is 1.83. The summed E-state index contributed by atoms with van der Waals surface area (Å²) >= 11 is 0. The van der Waals surface area contributed by atoms with E-state index in [-0.39, 0.29) is 21.8 Å². The van der Waals surface area contributed by atoms with Crippen LogP contribution in [0.3, 0.4) is 0 Å². The van der Waals surface area contributed by atoms with Crippen molar-refractivity contribution < 1.29 is 23.2 Å². The lowest BCUT2D eigenvalue weighted by Gasteiger charge is -2.11. The molecule has 9 heteroatoms. The van der Waals surface area contributed by atoms with Crippen molar-refractivity contribution >= 4 is 27.4 Å². The van der Waals surface area contributed by atoms with Crippen molar-refractivity contribution in [2.24, 2.45) is 0 Å². The van der Waals surface area contributed by atoms with Crippen LogP contribution in [0.4, 0.5) is 11.4 Å². The molecule has 0 aliphatic rings. The zero-order chi connectivity index (χ0) is 17.2. The monoisotopic (exact) mass is 336 g/mol. The number of carbonyl (C=O) groups is 1. The summed E-state index contributed by atoms with van der Waals surface area (Å²) < 4.78 is 26.9. The van der Waals surface area contributed by atoms with Crippen LogP contribution in [0.15, 0.2) is 47.4 Å². The Balaban J connectivity index is 2.42. The highest BCUT2D eigenvalue weighted by Crippen LogP contribution is 2.23. The molecule has 0 atom stereocenters. The van der Waals surface area contributed by atoms with Gasteiger partial charge in [0.25, 0.3) is 15.7 Å². The van der Waals surface area contributed by atoms with E-state index in [1.807, 2.05) is 0 Å². The van der Waals surface area contributed by atoms with E-state index < -0.39 is 20.9 Å². The second kappa shape index (κ2) is 6.05. The number of aryl methyl sites for hydroxylation is 1. The highest BCUT2D eigenvalue weighted by molar-refractivity contribution is 7.92. The average molecular weight is 336 g/mol. The predicted molar refractivity (Wildman–Crippen MR) is 82.0 cm³/mol. The Hall–Kier alpha value is -2.94. The summed E-state index contributed by atoms with van der Waals surface area (Å²) in [4.78, 5) is 20.7. The summed E-state index contributed by atoms with van der Waals surface area (Å²) in [5.41, 5.74) is 0.177. The van der Waals surface area contributed by atoms with Crippen LogP contribution < -0.4 is 4.72 Å².